The van der Waals surface area contributed by atoms with E-state index >= 15 is 0 Å². The van der Waals surface area contributed by atoms with Gasteiger partial charge in [0, 0.05) is 18.2 Å². The maximum absolute atomic E-state index is 9.06. The number of aliphatic hydroxyl groups is 1. The van der Waals surface area contributed by atoms with Crippen LogP contribution in [-0.2, 0) is 13.1 Å². The maximum atomic E-state index is 9.06. The molecule has 1 atom stereocenters. The molecular formula is C16H22ClN3O. The molecule has 4 nitrogen and oxygen atoms in total. The van der Waals surface area contributed by atoms with Crippen LogP contribution in [0.5, 0.6) is 0 Å². The average molecular weight is 308 g/mol. The monoisotopic (exact) mass is 307 g/mol. The summed E-state index contributed by atoms with van der Waals surface area (Å²) in [5.74, 6) is 0. The fraction of sp³-hybridized carbons (Fsp3) is 0.438. The lowest BCUT2D eigenvalue weighted by Gasteiger charge is -2.10. The second-order valence-electron chi connectivity index (χ2n) is 5.46. The van der Waals surface area contributed by atoms with Gasteiger partial charge >= 0.3 is 0 Å². The molecule has 0 radical (unpaired) electrons. The van der Waals surface area contributed by atoms with E-state index in [1.165, 1.54) is 11.1 Å². The Morgan fingerprint density at radius 3 is 2.57 bits per heavy atom. The number of aromatic nitrogens is 2. The van der Waals surface area contributed by atoms with Gasteiger partial charge in [0.1, 0.15) is 5.15 Å². The molecule has 2 rings (SSSR count). The molecule has 114 valence electrons. The largest absolute Gasteiger partial charge is 0.395 e. The van der Waals surface area contributed by atoms with Gasteiger partial charge in [0.25, 0.3) is 0 Å². The topological polar surface area (TPSA) is 50.1 Å². The van der Waals surface area contributed by atoms with Crippen molar-refractivity contribution in [2.45, 2.75) is 39.9 Å². The summed E-state index contributed by atoms with van der Waals surface area (Å²) in [6.07, 6.45) is 0. The van der Waals surface area contributed by atoms with Crippen LogP contribution in [0, 0.1) is 13.8 Å². The molecule has 0 bridgehead atoms. The first-order valence-electron chi connectivity index (χ1n) is 7.12. The Bertz CT molecular complexity index is 592. The molecule has 0 aliphatic rings. The quantitative estimate of drug-likeness (QED) is 0.862. The zero-order valence-corrected chi connectivity index (χ0v) is 13.5. The SMILES string of the molecule is Cc1ccc(Cn2nc(C)c(CNC(C)CO)c2Cl)cc1. The van der Waals surface area contributed by atoms with Gasteiger partial charge in [-0.1, -0.05) is 41.4 Å². The molecule has 1 aromatic carbocycles. The fourth-order valence-electron chi connectivity index (χ4n) is 2.10. The second kappa shape index (κ2) is 7.07. The standard InChI is InChI=1S/C16H22ClN3O/c1-11-4-6-14(7-5-11)9-20-16(17)15(13(3)19-20)8-18-12(2)10-21/h4-7,12,18,21H,8-10H2,1-3H3. The molecule has 0 spiro atoms. The minimum Gasteiger partial charge on any atom is -0.395 e. The minimum absolute atomic E-state index is 0.0425. The van der Waals surface area contributed by atoms with Crippen molar-refractivity contribution >= 4 is 11.6 Å². The minimum atomic E-state index is 0.0425. The van der Waals surface area contributed by atoms with E-state index in [2.05, 4.69) is 41.6 Å². The summed E-state index contributed by atoms with van der Waals surface area (Å²) < 4.78 is 1.82. The van der Waals surface area contributed by atoms with Gasteiger partial charge in [-0.15, -0.1) is 0 Å². The number of halogens is 1. The van der Waals surface area contributed by atoms with E-state index < -0.39 is 0 Å². The zero-order chi connectivity index (χ0) is 15.4. The van der Waals surface area contributed by atoms with E-state index in [0.717, 1.165) is 11.3 Å². The van der Waals surface area contributed by atoms with Crippen LogP contribution in [0.3, 0.4) is 0 Å². The summed E-state index contributed by atoms with van der Waals surface area (Å²) in [5.41, 5.74) is 4.33. The normalized spacial score (nSPS) is 12.6. The Morgan fingerprint density at radius 2 is 1.95 bits per heavy atom. The highest BCUT2D eigenvalue weighted by molar-refractivity contribution is 6.30. The molecule has 0 saturated carbocycles. The van der Waals surface area contributed by atoms with Gasteiger partial charge in [-0.2, -0.15) is 5.10 Å². The molecular weight excluding hydrogens is 286 g/mol. The average Bonchev–Trinajstić information content (AvgIpc) is 2.73. The number of aryl methyl sites for hydroxylation is 2. The molecule has 5 heteroatoms. The third kappa shape index (κ3) is 4.06. The summed E-state index contributed by atoms with van der Waals surface area (Å²) in [5, 5.41) is 17.5. The van der Waals surface area contributed by atoms with E-state index in [-0.39, 0.29) is 12.6 Å². The summed E-state index contributed by atoms with van der Waals surface area (Å²) in [7, 11) is 0. The Kier molecular flexibility index (Phi) is 5.39. The first kappa shape index (κ1) is 16.0. The van der Waals surface area contributed by atoms with Crippen LogP contribution in [0.1, 0.15) is 29.3 Å². The van der Waals surface area contributed by atoms with Crippen LogP contribution in [0.25, 0.3) is 0 Å². The van der Waals surface area contributed by atoms with Crippen molar-refractivity contribution in [1.82, 2.24) is 15.1 Å². The zero-order valence-electron chi connectivity index (χ0n) is 12.7. The van der Waals surface area contributed by atoms with Crippen LogP contribution >= 0.6 is 11.6 Å². The Balaban J connectivity index is 2.12. The fourth-order valence-corrected chi connectivity index (χ4v) is 2.40. The first-order valence-corrected chi connectivity index (χ1v) is 7.50. The van der Waals surface area contributed by atoms with Gasteiger partial charge in [0.2, 0.25) is 0 Å². The van der Waals surface area contributed by atoms with E-state index in [1.807, 2.05) is 18.5 Å². The second-order valence-corrected chi connectivity index (χ2v) is 5.82. The predicted molar refractivity (Wildman–Crippen MR) is 85.6 cm³/mol. The highest BCUT2D eigenvalue weighted by atomic mass is 35.5. The van der Waals surface area contributed by atoms with Gasteiger partial charge in [-0.05, 0) is 26.3 Å². The van der Waals surface area contributed by atoms with E-state index in [9.17, 15) is 0 Å². The van der Waals surface area contributed by atoms with Crippen molar-refractivity contribution in [3.8, 4) is 0 Å². The molecule has 0 aliphatic heterocycles. The Labute approximate surface area is 130 Å². The molecule has 0 aliphatic carbocycles. The summed E-state index contributed by atoms with van der Waals surface area (Å²) in [6.45, 7) is 7.34. The van der Waals surface area contributed by atoms with Crippen molar-refractivity contribution in [2.24, 2.45) is 0 Å². The Morgan fingerprint density at radius 1 is 1.29 bits per heavy atom. The number of benzene rings is 1. The van der Waals surface area contributed by atoms with Crippen molar-refractivity contribution in [1.29, 1.82) is 0 Å². The number of nitrogens with zero attached hydrogens (tertiary/aromatic N) is 2. The highest BCUT2D eigenvalue weighted by Gasteiger charge is 2.14. The van der Waals surface area contributed by atoms with Crippen LogP contribution in [-0.4, -0.2) is 27.5 Å². The van der Waals surface area contributed by atoms with Gasteiger partial charge in [-0.3, -0.25) is 0 Å². The molecule has 2 aromatic rings. The third-order valence-electron chi connectivity index (χ3n) is 3.54. The Hall–Kier alpha value is -1.36. The molecule has 1 heterocycles. The van der Waals surface area contributed by atoms with Crippen LogP contribution < -0.4 is 5.32 Å². The van der Waals surface area contributed by atoms with Gasteiger partial charge in [0.05, 0.1) is 18.8 Å². The van der Waals surface area contributed by atoms with Gasteiger partial charge in [0.15, 0.2) is 0 Å². The molecule has 2 N–H and O–H groups in total. The predicted octanol–water partition coefficient (Wildman–Crippen LogP) is 2.67. The number of rotatable bonds is 6. The van der Waals surface area contributed by atoms with Crippen LogP contribution in [0.2, 0.25) is 5.15 Å². The number of aliphatic hydroxyl groups excluding tert-OH is 1. The van der Waals surface area contributed by atoms with Crippen molar-refractivity contribution in [3.63, 3.8) is 0 Å². The van der Waals surface area contributed by atoms with Gasteiger partial charge < -0.3 is 10.4 Å². The molecule has 1 aromatic heterocycles. The number of hydrogen-bond donors (Lipinski definition) is 2. The summed E-state index contributed by atoms with van der Waals surface area (Å²) >= 11 is 6.44. The highest BCUT2D eigenvalue weighted by Crippen LogP contribution is 2.21. The lowest BCUT2D eigenvalue weighted by atomic mass is 10.1. The van der Waals surface area contributed by atoms with E-state index in [1.54, 1.807) is 0 Å². The van der Waals surface area contributed by atoms with Crippen LogP contribution in [0.4, 0.5) is 0 Å². The molecule has 0 fully saturated rings. The molecule has 0 amide bonds. The van der Waals surface area contributed by atoms with E-state index in [0.29, 0.717) is 18.2 Å². The molecule has 1 unspecified atom stereocenters. The molecule has 21 heavy (non-hydrogen) atoms. The maximum Gasteiger partial charge on any atom is 0.132 e. The van der Waals surface area contributed by atoms with Gasteiger partial charge in [-0.25, -0.2) is 4.68 Å². The van der Waals surface area contributed by atoms with E-state index in [4.69, 9.17) is 16.7 Å². The number of hydrogen-bond acceptors (Lipinski definition) is 3. The van der Waals surface area contributed by atoms with Crippen molar-refractivity contribution in [3.05, 3.63) is 51.8 Å². The smallest absolute Gasteiger partial charge is 0.132 e. The lowest BCUT2D eigenvalue weighted by molar-refractivity contribution is 0.251. The summed E-state index contributed by atoms with van der Waals surface area (Å²) in [4.78, 5) is 0. The first-order chi connectivity index (χ1) is 10.0. The third-order valence-corrected chi connectivity index (χ3v) is 3.96. The number of nitrogens with one attached hydrogen (secondary N) is 1. The molecule has 0 saturated heterocycles. The van der Waals surface area contributed by atoms with Crippen molar-refractivity contribution in [2.75, 3.05) is 6.61 Å². The lowest BCUT2D eigenvalue weighted by Crippen LogP contribution is -2.28. The summed E-state index contributed by atoms with van der Waals surface area (Å²) in [6, 6.07) is 8.40. The van der Waals surface area contributed by atoms with Crippen LogP contribution in [0.15, 0.2) is 24.3 Å². The van der Waals surface area contributed by atoms with Crippen molar-refractivity contribution < 1.29 is 5.11 Å².